The van der Waals surface area contributed by atoms with Gasteiger partial charge in [-0.25, -0.2) is 12.8 Å². The van der Waals surface area contributed by atoms with Crippen molar-refractivity contribution < 1.29 is 12.8 Å². The van der Waals surface area contributed by atoms with Gasteiger partial charge in [0.2, 0.25) is 0 Å². The number of nitrogens with one attached hydrogen (secondary N) is 1. The number of benzene rings is 2. The summed E-state index contributed by atoms with van der Waals surface area (Å²) in [6.45, 7) is 2.55. The molecule has 3 aromatic rings. The Hall–Kier alpha value is -2.67. The number of rotatable bonds is 5. The fourth-order valence-electron chi connectivity index (χ4n) is 2.31. The third kappa shape index (κ3) is 3.80. The lowest BCUT2D eigenvalue weighted by molar-refractivity contribution is 0.599. The van der Waals surface area contributed by atoms with Crippen LogP contribution < -0.4 is 4.72 Å². The zero-order valence-electron chi connectivity index (χ0n) is 13.0. The summed E-state index contributed by atoms with van der Waals surface area (Å²) < 4.78 is 41.4. The van der Waals surface area contributed by atoms with Crippen LogP contribution in [0.15, 0.2) is 65.7 Å². The SMILES string of the molecule is Cc1cccc(Cn2ccc(NS(=O)(=O)c3ccc(F)cc3)n2)c1. The van der Waals surface area contributed by atoms with E-state index >= 15 is 0 Å². The molecule has 0 unspecified atom stereocenters. The van der Waals surface area contributed by atoms with Crippen LogP contribution in [0.4, 0.5) is 10.2 Å². The van der Waals surface area contributed by atoms with Crippen LogP contribution in [0, 0.1) is 12.7 Å². The van der Waals surface area contributed by atoms with Crippen molar-refractivity contribution in [2.75, 3.05) is 4.72 Å². The minimum absolute atomic E-state index is 0.0165. The van der Waals surface area contributed by atoms with E-state index < -0.39 is 15.8 Å². The highest BCUT2D eigenvalue weighted by Gasteiger charge is 2.15. The summed E-state index contributed by atoms with van der Waals surface area (Å²) in [5.41, 5.74) is 2.22. The normalized spacial score (nSPS) is 11.4. The molecule has 124 valence electrons. The molecule has 0 radical (unpaired) electrons. The molecule has 0 fully saturated rings. The van der Waals surface area contributed by atoms with Crippen molar-refractivity contribution in [1.82, 2.24) is 9.78 Å². The first-order chi connectivity index (χ1) is 11.4. The van der Waals surface area contributed by atoms with Gasteiger partial charge in [-0.3, -0.25) is 9.40 Å². The van der Waals surface area contributed by atoms with E-state index in [2.05, 4.69) is 9.82 Å². The molecule has 1 heterocycles. The molecule has 7 heteroatoms. The molecule has 0 atom stereocenters. The molecule has 3 rings (SSSR count). The minimum Gasteiger partial charge on any atom is -0.266 e. The summed E-state index contributed by atoms with van der Waals surface area (Å²) in [5, 5.41) is 4.22. The molecule has 0 aliphatic rings. The average molecular weight is 345 g/mol. The molecule has 0 spiro atoms. The second-order valence-electron chi connectivity index (χ2n) is 5.45. The van der Waals surface area contributed by atoms with Crippen LogP contribution in [-0.4, -0.2) is 18.2 Å². The average Bonchev–Trinajstić information content (AvgIpc) is 2.94. The maximum Gasteiger partial charge on any atom is 0.263 e. The molecule has 0 aliphatic heterocycles. The van der Waals surface area contributed by atoms with Crippen LogP contribution in [0.5, 0.6) is 0 Å². The van der Waals surface area contributed by atoms with Gasteiger partial charge in [0.15, 0.2) is 5.82 Å². The van der Waals surface area contributed by atoms with Gasteiger partial charge in [0, 0.05) is 12.3 Å². The number of halogens is 1. The Morgan fingerprint density at radius 1 is 1.12 bits per heavy atom. The predicted octanol–water partition coefficient (Wildman–Crippen LogP) is 3.18. The number of nitrogens with zero attached hydrogens (tertiary/aromatic N) is 2. The van der Waals surface area contributed by atoms with Crippen molar-refractivity contribution in [3.63, 3.8) is 0 Å². The fraction of sp³-hybridized carbons (Fsp3) is 0.118. The van der Waals surface area contributed by atoms with Gasteiger partial charge in [0.1, 0.15) is 5.82 Å². The number of hydrogen-bond acceptors (Lipinski definition) is 3. The van der Waals surface area contributed by atoms with Crippen molar-refractivity contribution in [1.29, 1.82) is 0 Å². The number of hydrogen-bond donors (Lipinski definition) is 1. The van der Waals surface area contributed by atoms with E-state index in [1.807, 2.05) is 31.2 Å². The van der Waals surface area contributed by atoms with E-state index in [0.717, 1.165) is 23.3 Å². The fourth-order valence-corrected chi connectivity index (χ4v) is 3.31. The van der Waals surface area contributed by atoms with E-state index in [9.17, 15) is 12.8 Å². The highest BCUT2D eigenvalue weighted by atomic mass is 32.2. The quantitative estimate of drug-likeness (QED) is 0.772. The predicted molar refractivity (Wildman–Crippen MR) is 89.7 cm³/mol. The van der Waals surface area contributed by atoms with Gasteiger partial charge in [0.25, 0.3) is 10.0 Å². The third-order valence-corrected chi connectivity index (χ3v) is 4.80. The number of anilines is 1. The highest BCUT2D eigenvalue weighted by molar-refractivity contribution is 7.92. The van der Waals surface area contributed by atoms with Gasteiger partial charge in [0.05, 0.1) is 11.4 Å². The Morgan fingerprint density at radius 2 is 1.88 bits per heavy atom. The van der Waals surface area contributed by atoms with Gasteiger partial charge < -0.3 is 0 Å². The van der Waals surface area contributed by atoms with Gasteiger partial charge in [-0.05, 0) is 36.8 Å². The second kappa shape index (κ2) is 6.45. The van der Waals surface area contributed by atoms with Gasteiger partial charge in [-0.1, -0.05) is 29.8 Å². The molecular formula is C17H16FN3O2S. The first-order valence-electron chi connectivity index (χ1n) is 7.30. The van der Waals surface area contributed by atoms with E-state index in [-0.39, 0.29) is 10.7 Å². The molecular weight excluding hydrogens is 329 g/mol. The summed E-state index contributed by atoms with van der Waals surface area (Å²) in [7, 11) is -3.79. The molecule has 0 saturated heterocycles. The molecule has 0 bridgehead atoms. The van der Waals surface area contributed by atoms with Crippen molar-refractivity contribution in [3.8, 4) is 0 Å². The van der Waals surface area contributed by atoms with Gasteiger partial charge >= 0.3 is 0 Å². The molecule has 0 aliphatic carbocycles. The maximum absolute atomic E-state index is 12.9. The van der Waals surface area contributed by atoms with Crippen LogP contribution >= 0.6 is 0 Å². The Kier molecular flexibility index (Phi) is 4.35. The van der Waals surface area contributed by atoms with Crippen LogP contribution in [0.25, 0.3) is 0 Å². The second-order valence-corrected chi connectivity index (χ2v) is 7.13. The van der Waals surface area contributed by atoms with Gasteiger partial charge in [-0.2, -0.15) is 5.10 Å². The van der Waals surface area contributed by atoms with E-state index in [0.29, 0.717) is 6.54 Å². The zero-order valence-corrected chi connectivity index (χ0v) is 13.8. The largest absolute Gasteiger partial charge is 0.266 e. The van der Waals surface area contributed by atoms with E-state index in [4.69, 9.17) is 0 Å². The molecule has 0 amide bonds. The lowest BCUT2D eigenvalue weighted by atomic mass is 10.1. The minimum atomic E-state index is -3.79. The van der Waals surface area contributed by atoms with Crippen molar-refractivity contribution >= 4 is 15.8 Å². The molecule has 1 N–H and O–H groups in total. The van der Waals surface area contributed by atoms with Crippen LogP contribution in [-0.2, 0) is 16.6 Å². The zero-order chi connectivity index (χ0) is 17.2. The lowest BCUT2D eigenvalue weighted by Crippen LogP contribution is -2.13. The summed E-state index contributed by atoms with van der Waals surface area (Å²) in [6, 6.07) is 14.2. The summed E-state index contributed by atoms with van der Waals surface area (Å²) in [6.07, 6.45) is 1.70. The summed E-state index contributed by atoms with van der Waals surface area (Å²) in [4.78, 5) is -0.0165. The molecule has 1 aromatic heterocycles. The lowest BCUT2D eigenvalue weighted by Gasteiger charge is -2.06. The smallest absolute Gasteiger partial charge is 0.263 e. The first-order valence-corrected chi connectivity index (χ1v) is 8.78. The molecule has 5 nitrogen and oxygen atoms in total. The first kappa shape index (κ1) is 16.2. The van der Waals surface area contributed by atoms with E-state index in [1.165, 1.54) is 12.1 Å². The summed E-state index contributed by atoms with van der Waals surface area (Å²) >= 11 is 0. The Labute approximate surface area is 139 Å². The maximum atomic E-state index is 12.9. The Balaban J connectivity index is 1.75. The number of aromatic nitrogens is 2. The molecule has 24 heavy (non-hydrogen) atoms. The monoisotopic (exact) mass is 345 g/mol. The number of sulfonamides is 1. The Bertz CT molecular complexity index is 950. The van der Waals surface area contributed by atoms with Crippen LogP contribution in [0.3, 0.4) is 0 Å². The molecule has 0 saturated carbocycles. The molecule has 2 aromatic carbocycles. The summed E-state index contributed by atoms with van der Waals surface area (Å²) in [5.74, 6) is -0.275. The van der Waals surface area contributed by atoms with E-state index in [1.54, 1.807) is 16.9 Å². The number of aryl methyl sites for hydroxylation is 1. The van der Waals surface area contributed by atoms with Crippen LogP contribution in [0.1, 0.15) is 11.1 Å². The van der Waals surface area contributed by atoms with Crippen LogP contribution in [0.2, 0.25) is 0 Å². The van der Waals surface area contributed by atoms with Crippen molar-refractivity contribution in [3.05, 3.63) is 77.7 Å². The van der Waals surface area contributed by atoms with Crippen molar-refractivity contribution in [2.24, 2.45) is 0 Å². The van der Waals surface area contributed by atoms with Gasteiger partial charge in [-0.15, -0.1) is 0 Å². The third-order valence-electron chi connectivity index (χ3n) is 3.43. The standard InChI is InChI=1S/C17H16FN3O2S/c1-13-3-2-4-14(11-13)12-21-10-9-17(19-21)20-24(22,23)16-7-5-15(18)6-8-16/h2-11H,12H2,1H3,(H,19,20). The highest BCUT2D eigenvalue weighted by Crippen LogP contribution is 2.15. The van der Waals surface area contributed by atoms with Crippen molar-refractivity contribution in [2.45, 2.75) is 18.4 Å². The Morgan fingerprint density at radius 3 is 2.58 bits per heavy atom. The topological polar surface area (TPSA) is 64.0 Å².